The zero-order valence-corrected chi connectivity index (χ0v) is 15.2. The van der Waals surface area contributed by atoms with E-state index >= 15 is 0 Å². The summed E-state index contributed by atoms with van der Waals surface area (Å²) in [6.45, 7) is 3.66. The molecule has 3 rings (SSSR count). The van der Waals surface area contributed by atoms with E-state index in [0.29, 0.717) is 10.8 Å². The van der Waals surface area contributed by atoms with Crippen molar-refractivity contribution in [2.24, 2.45) is 21.5 Å². The van der Waals surface area contributed by atoms with Gasteiger partial charge in [0.1, 0.15) is 5.66 Å². The third-order valence-corrected chi connectivity index (χ3v) is 5.63. The molecule has 1 aliphatic rings. The maximum atomic E-state index is 12.4. The van der Waals surface area contributed by atoms with Crippen molar-refractivity contribution < 1.29 is 8.42 Å². The zero-order chi connectivity index (χ0) is 18.2. The lowest BCUT2D eigenvalue weighted by Crippen LogP contribution is -2.54. The highest BCUT2D eigenvalue weighted by atomic mass is 32.2. The van der Waals surface area contributed by atoms with Crippen LogP contribution in [0.3, 0.4) is 0 Å². The molecule has 0 amide bonds. The van der Waals surface area contributed by atoms with Crippen LogP contribution < -0.4 is 21.1 Å². The van der Waals surface area contributed by atoms with E-state index in [1.54, 1.807) is 22.4 Å². The van der Waals surface area contributed by atoms with Gasteiger partial charge in [0, 0.05) is 17.3 Å². The van der Waals surface area contributed by atoms with E-state index in [-0.39, 0.29) is 16.8 Å². The van der Waals surface area contributed by atoms with E-state index in [9.17, 15) is 8.42 Å². The summed E-state index contributed by atoms with van der Waals surface area (Å²) in [5.41, 5.74) is 11.5. The first-order valence-electron chi connectivity index (χ1n) is 7.21. The Labute approximate surface area is 149 Å². The summed E-state index contributed by atoms with van der Waals surface area (Å²) in [5, 5.41) is 2.00. The fourth-order valence-electron chi connectivity index (χ4n) is 2.47. The number of nitrogens with two attached hydrogens (primary N) is 2. The number of thiazole rings is 1. The van der Waals surface area contributed by atoms with Crippen molar-refractivity contribution in [1.29, 1.82) is 0 Å². The van der Waals surface area contributed by atoms with Crippen LogP contribution in [0.4, 0.5) is 10.8 Å². The molecule has 0 unspecified atom stereocenters. The maximum absolute atomic E-state index is 12.4. The SMILES string of the molecule is CC1(C)N=C(N)N=C(N)N1c1ccc(S(=O)(=O)Nc2nccs2)cc1. The largest absolute Gasteiger partial charge is 0.369 e. The van der Waals surface area contributed by atoms with Crippen molar-refractivity contribution >= 4 is 44.1 Å². The lowest BCUT2D eigenvalue weighted by molar-refractivity contribution is 0.534. The van der Waals surface area contributed by atoms with Gasteiger partial charge in [0.05, 0.1) is 4.90 Å². The van der Waals surface area contributed by atoms with E-state index in [1.807, 2.05) is 13.8 Å². The molecule has 1 aromatic carbocycles. The quantitative estimate of drug-likeness (QED) is 0.727. The molecular weight excluding hydrogens is 362 g/mol. The Morgan fingerprint density at radius 2 is 1.88 bits per heavy atom. The van der Waals surface area contributed by atoms with Gasteiger partial charge in [0.25, 0.3) is 10.0 Å². The summed E-state index contributed by atoms with van der Waals surface area (Å²) >= 11 is 1.20. The van der Waals surface area contributed by atoms with Crippen molar-refractivity contribution in [3.05, 3.63) is 35.8 Å². The lowest BCUT2D eigenvalue weighted by atomic mass is 10.1. The van der Waals surface area contributed by atoms with Crippen LogP contribution in [0.25, 0.3) is 0 Å². The van der Waals surface area contributed by atoms with Crippen LogP contribution in [0.5, 0.6) is 0 Å². The minimum atomic E-state index is -3.71. The van der Waals surface area contributed by atoms with Gasteiger partial charge < -0.3 is 11.5 Å². The molecule has 0 radical (unpaired) electrons. The summed E-state index contributed by atoms with van der Waals surface area (Å²) in [7, 11) is -3.71. The molecule has 0 fully saturated rings. The van der Waals surface area contributed by atoms with E-state index in [4.69, 9.17) is 11.5 Å². The van der Waals surface area contributed by atoms with Crippen molar-refractivity contribution in [2.45, 2.75) is 24.4 Å². The number of nitrogens with one attached hydrogen (secondary N) is 1. The highest BCUT2D eigenvalue weighted by Crippen LogP contribution is 2.28. The third kappa shape index (κ3) is 3.42. The molecule has 9 nitrogen and oxygen atoms in total. The van der Waals surface area contributed by atoms with Crippen LogP contribution >= 0.6 is 11.3 Å². The molecule has 0 saturated carbocycles. The van der Waals surface area contributed by atoms with Gasteiger partial charge in [-0.1, -0.05) is 0 Å². The van der Waals surface area contributed by atoms with E-state index in [0.717, 1.165) is 0 Å². The van der Waals surface area contributed by atoms with Gasteiger partial charge in [-0.2, -0.15) is 4.99 Å². The molecule has 2 heterocycles. The van der Waals surface area contributed by atoms with Gasteiger partial charge in [-0.15, -0.1) is 11.3 Å². The molecule has 2 aromatic rings. The maximum Gasteiger partial charge on any atom is 0.263 e. The van der Waals surface area contributed by atoms with E-state index in [1.165, 1.54) is 29.7 Å². The second kappa shape index (κ2) is 6.01. The molecule has 11 heteroatoms. The summed E-state index contributed by atoms with van der Waals surface area (Å²) in [6.07, 6.45) is 1.53. The van der Waals surface area contributed by atoms with Crippen LogP contribution in [0.1, 0.15) is 13.8 Å². The number of hydrogen-bond donors (Lipinski definition) is 3. The van der Waals surface area contributed by atoms with Crippen LogP contribution in [0.2, 0.25) is 0 Å². The number of benzene rings is 1. The fourth-order valence-corrected chi connectivity index (χ4v) is 4.26. The van der Waals surface area contributed by atoms with Gasteiger partial charge in [-0.05, 0) is 38.1 Å². The first-order valence-corrected chi connectivity index (χ1v) is 9.57. The Morgan fingerprint density at radius 1 is 1.20 bits per heavy atom. The highest BCUT2D eigenvalue weighted by Gasteiger charge is 2.33. The van der Waals surface area contributed by atoms with Gasteiger partial charge in [-0.25, -0.2) is 18.4 Å². The van der Waals surface area contributed by atoms with Crippen molar-refractivity contribution in [2.75, 3.05) is 9.62 Å². The summed E-state index contributed by atoms with van der Waals surface area (Å²) < 4.78 is 27.2. The molecule has 0 saturated heterocycles. The predicted octanol–water partition coefficient (Wildman–Crippen LogP) is 1.13. The Bertz CT molecular complexity index is 932. The number of nitrogens with zero attached hydrogens (tertiary/aromatic N) is 4. The zero-order valence-electron chi connectivity index (χ0n) is 13.5. The predicted molar refractivity (Wildman–Crippen MR) is 99.2 cm³/mol. The molecule has 0 aliphatic carbocycles. The number of sulfonamides is 1. The number of hydrogen-bond acceptors (Lipinski definition) is 9. The summed E-state index contributed by atoms with van der Waals surface area (Å²) in [6, 6.07) is 6.24. The number of rotatable bonds is 4. The van der Waals surface area contributed by atoms with Crippen LogP contribution in [-0.2, 0) is 10.0 Å². The normalized spacial score (nSPS) is 17.0. The van der Waals surface area contributed by atoms with Gasteiger partial charge in [0.2, 0.25) is 11.9 Å². The highest BCUT2D eigenvalue weighted by molar-refractivity contribution is 7.93. The van der Waals surface area contributed by atoms with Crippen molar-refractivity contribution in [3.63, 3.8) is 0 Å². The second-order valence-corrected chi connectivity index (χ2v) is 8.28. The van der Waals surface area contributed by atoms with Crippen LogP contribution in [0.15, 0.2) is 50.7 Å². The standard InChI is InChI=1S/C14H17N7O2S2/c1-14(2)19-11(15)18-12(16)21(14)9-3-5-10(6-4-9)25(22,23)20-13-17-7-8-24-13/h3-8H,1-2H3,(H,17,20)(H4,15,16,18,19). The van der Waals surface area contributed by atoms with E-state index in [2.05, 4.69) is 19.7 Å². The molecule has 0 atom stereocenters. The topological polar surface area (TPSA) is 139 Å². The van der Waals surface area contributed by atoms with Crippen molar-refractivity contribution in [1.82, 2.24) is 4.98 Å². The monoisotopic (exact) mass is 379 g/mol. The number of anilines is 2. The minimum Gasteiger partial charge on any atom is -0.369 e. The molecule has 5 N–H and O–H groups in total. The van der Waals surface area contributed by atoms with Gasteiger partial charge in [0.15, 0.2) is 5.13 Å². The Kier molecular flexibility index (Phi) is 4.13. The second-order valence-electron chi connectivity index (χ2n) is 5.71. The summed E-state index contributed by atoms with van der Waals surface area (Å²) in [5.74, 6) is 0.291. The fraction of sp³-hybridized carbons (Fsp3) is 0.214. The Morgan fingerprint density at radius 3 is 2.44 bits per heavy atom. The average molecular weight is 379 g/mol. The molecule has 1 aliphatic heterocycles. The molecule has 0 bridgehead atoms. The van der Waals surface area contributed by atoms with E-state index < -0.39 is 15.7 Å². The van der Waals surface area contributed by atoms with Crippen LogP contribution in [0, 0.1) is 0 Å². The molecule has 1 aromatic heterocycles. The first-order chi connectivity index (χ1) is 11.7. The Balaban J connectivity index is 1.89. The third-order valence-electron chi connectivity index (χ3n) is 3.45. The molecule has 132 valence electrons. The molecule has 25 heavy (non-hydrogen) atoms. The number of aromatic nitrogens is 1. The molecular formula is C14H17N7O2S2. The van der Waals surface area contributed by atoms with Crippen LogP contribution in [-0.4, -0.2) is 31.0 Å². The van der Waals surface area contributed by atoms with Gasteiger partial charge >= 0.3 is 0 Å². The number of guanidine groups is 2. The minimum absolute atomic E-state index is 0.102. The first kappa shape index (κ1) is 17.2. The average Bonchev–Trinajstić information content (AvgIpc) is 2.98. The smallest absolute Gasteiger partial charge is 0.263 e. The number of aliphatic imine (C=N–C) groups is 2. The Hall–Kier alpha value is -2.66. The lowest BCUT2D eigenvalue weighted by Gasteiger charge is -2.38. The molecule has 0 spiro atoms. The van der Waals surface area contributed by atoms with Gasteiger partial charge in [-0.3, -0.25) is 9.62 Å². The summed E-state index contributed by atoms with van der Waals surface area (Å²) in [4.78, 5) is 13.9. The van der Waals surface area contributed by atoms with Crippen molar-refractivity contribution in [3.8, 4) is 0 Å².